The third-order valence-electron chi connectivity index (χ3n) is 3.81. The largest absolute Gasteiger partial charge is 0.508 e. The average molecular weight is 257 g/mol. The van der Waals surface area contributed by atoms with Gasteiger partial charge in [-0.15, -0.1) is 0 Å². The third-order valence-corrected chi connectivity index (χ3v) is 3.81. The Morgan fingerprint density at radius 3 is 2.53 bits per heavy atom. The molecule has 1 aliphatic heterocycles. The van der Waals surface area contributed by atoms with E-state index in [1.165, 1.54) is 25.9 Å². The fourth-order valence-corrected chi connectivity index (χ4v) is 2.64. The molecule has 1 N–H and O–H groups in total. The molecule has 19 heavy (non-hydrogen) atoms. The smallest absolute Gasteiger partial charge is 0.123 e. The number of benzene rings is 1. The fraction of sp³-hybridized carbons (Fsp3) is 0.400. The fourth-order valence-electron chi connectivity index (χ4n) is 2.64. The van der Waals surface area contributed by atoms with Crippen LogP contribution in [0, 0.1) is 0 Å². The molecule has 1 saturated heterocycles. The number of aromatic nitrogens is 2. The van der Waals surface area contributed by atoms with Gasteiger partial charge in [-0.05, 0) is 50.2 Å². The van der Waals surface area contributed by atoms with Crippen LogP contribution in [0.3, 0.4) is 0 Å². The number of hydrogen-bond donors (Lipinski definition) is 1. The molecule has 1 aliphatic rings. The van der Waals surface area contributed by atoms with Crippen LogP contribution in [0.1, 0.15) is 18.7 Å². The SMILES string of the molecule is Cn1c(-c2ccc(O)cc2)cnc1CN1CCCC1. The second-order valence-corrected chi connectivity index (χ2v) is 5.15. The molecule has 0 amide bonds. The van der Waals surface area contributed by atoms with Crippen molar-refractivity contribution >= 4 is 0 Å². The maximum atomic E-state index is 9.34. The van der Waals surface area contributed by atoms with Gasteiger partial charge in [-0.3, -0.25) is 4.90 Å². The second-order valence-electron chi connectivity index (χ2n) is 5.15. The average Bonchev–Trinajstić information content (AvgIpc) is 3.03. The van der Waals surface area contributed by atoms with E-state index in [1.54, 1.807) is 12.1 Å². The number of likely N-dealkylation sites (tertiary alicyclic amines) is 1. The van der Waals surface area contributed by atoms with E-state index in [9.17, 15) is 5.11 Å². The van der Waals surface area contributed by atoms with E-state index in [4.69, 9.17) is 0 Å². The van der Waals surface area contributed by atoms with Crippen LogP contribution in [-0.2, 0) is 13.6 Å². The van der Waals surface area contributed by atoms with Gasteiger partial charge in [0.05, 0.1) is 18.4 Å². The molecule has 2 aromatic rings. The Kier molecular flexibility index (Phi) is 3.25. The number of phenolic OH excluding ortho intramolecular Hbond substituents is 1. The summed E-state index contributed by atoms with van der Waals surface area (Å²) in [6.07, 6.45) is 4.52. The lowest BCUT2D eigenvalue weighted by Gasteiger charge is -2.14. The number of hydrogen-bond acceptors (Lipinski definition) is 3. The standard InChI is InChI=1S/C15H19N3O/c1-17-14(12-4-6-13(19)7-5-12)10-16-15(17)11-18-8-2-3-9-18/h4-7,10,19H,2-3,8-9,11H2,1H3. The number of nitrogens with zero attached hydrogens (tertiary/aromatic N) is 3. The minimum atomic E-state index is 0.295. The molecule has 1 aromatic heterocycles. The molecule has 4 nitrogen and oxygen atoms in total. The molecule has 0 radical (unpaired) electrons. The number of phenols is 1. The van der Waals surface area contributed by atoms with Crippen LogP contribution in [0.5, 0.6) is 5.75 Å². The van der Waals surface area contributed by atoms with E-state index < -0.39 is 0 Å². The van der Waals surface area contributed by atoms with Crippen molar-refractivity contribution in [2.24, 2.45) is 7.05 Å². The molecule has 0 unspecified atom stereocenters. The van der Waals surface area contributed by atoms with E-state index in [1.807, 2.05) is 18.3 Å². The molecule has 1 fully saturated rings. The topological polar surface area (TPSA) is 41.3 Å². The summed E-state index contributed by atoms with van der Waals surface area (Å²) >= 11 is 0. The van der Waals surface area contributed by atoms with Gasteiger partial charge in [-0.2, -0.15) is 0 Å². The molecular weight excluding hydrogens is 238 g/mol. The van der Waals surface area contributed by atoms with Crippen molar-refractivity contribution in [1.82, 2.24) is 14.5 Å². The zero-order valence-corrected chi connectivity index (χ0v) is 11.2. The highest BCUT2D eigenvalue weighted by Gasteiger charge is 2.15. The molecule has 0 bridgehead atoms. The molecule has 0 atom stereocenters. The second kappa shape index (κ2) is 5.05. The van der Waals surface area contributed by atoms with E-state index in [0.717, 1.165) is 23.6 Å². The van der Waals surface area contributed by atoms with Gasteiger partial charge in [-0.1, -0.05) is 0 Å². The van der Waals surface area contributed by atoms with Gasteiger partial charge in [0.15, 0.2) is 0 Å². The molecule has 4 heteroatoms. The summed E-state index contributed by atoms with van der Waals surface area (Å²) in [4.78, 5) is 6.98. The van der Waals surface area contributed by atoms with E-state index in [0.29, 0.717) is 5.75 Å². The monoisotopic (exact) mass is 257 g/mol. The van der Waals surface area contributed by atoms with E-state index >= 15 is 0 Å². The lowest BCUT2D eigenvalue weighted by molar-refractivity contribution is 0.319. The Morgan fingerprint density at radius 2 is 1.84 bits per heavy atom. The summed E-state index contributed by atoms with van der Waals surface area (Å²) < 4.78 is 2.14. The van der Waals surface area contributed by atoms with Gasteiger partial charge < -0.3 is 9.67 Å². The molecule has 0 spiro atoms. The minimum absolute atomic E-state index is 0.295. The Hall–Kier alpha value is -1.81. The molecule has 0 aliphatic carbocycles. The van der Waals surface area contributed by atoms with Crippen LogP contribution >= 0.6 is 0 Å². The molecule has 3 rings (SSSR count). The number of imidazole rings is 1. The molecule has 0 saturated carbocycles. The zero-order chi connectivity index (χ0) is 13.2. The van der Waals surface area contributed by atoms with Gasteiger partial charge in [0.2, 0.25) is 0 Å². The molecule has 1 aromatic carbocycles. The van der Waals surface area contributed by atoms with E-state index in [2.05, 4.69) is 21.5 Å². The number of aromatic hydroxyl groups is 1. The first-order valence-corrected chi connectivity index (χ1v) is 6.76. The first-order valence-electron chi connectivity index (χ1n) is 6.76. The van der Waals surface area contributed by atoms with Crippen LogP contribution in [-0.4, -0.2) is 32.6 Å². The first kappa shape index (κ1) is 12.2. The lowest BCUT2D eigenvalue weighted by atomic mass is 10.1. The van der Waals surface area contributed by atoms with Gasteiger partial charge in [0.1, 0.15) is 11.6 Å². The predicted octanol–water partition coefficient (Wildman–Crippen LogP) is 2.39. The van der Waals surface area contributed by atoms with Crippen LogP contribution in [0.2, 0.25) is 0 Å². The van der Waals surface area contributed by atoms with Crippen molar-refractivity contribution in [3.05, 3.63) is 36.3 Å². The van der Waals surface area contributed by atoms with Gasteiger partial charge in [0.25, 0.3) is 0 Å². The number of rotatable bonds is 3. The van der Waals surface area contributed by atoms with Gasteiger partial charge in [0, 0.05) is 12.6 Å². The summed E-state index contributed by atoms with van der Waals surface area (Å²) in [6, 6.07) is 7.27. The summed E-state index contributed by atoms with van der Waals surface area (Å²) in [7, 11) is 2.06. The Morgan fingerprint density at radius 1 is 1.16 bits per heavy atom. The Balaban J connectivity index is 1.83. The lowest BCUT2D eigenvalue weighted by Crippen LogP contribution is -2.20. The van der Waals surface area contributed by atoms with Gasteiger partial charge >= 0.3 is 0 Å². The highest BCUT2D eigenvalue weighted by molar-refractivity contribution is 5.60. The highest BCUT2D eigenvalue weighted by atomic mass is 16.3. The van der Waals surface area contributed by atoms with Crippen LogP contribution < -0.4 is 0 Å². The quantitative estimate of drug-likeness (QED) is 0.918. The summed E-state index contributed by atoms with van der Waals surface area (Å²) in [6.45, 7) is 3.29. The van der Waals surface area contributed by atoms with Crippen LogP contribution in [0.25, 0.3) is 11.3 Å². The van der Waals surface area contributed by atoms with Crippen molar-refractivity contribution in [2.45, 2.75) is 19.4 Å². The minimum Gasteiger partial charge on any atom is -0.508 e. The van der Waals surface area contributed by atoms with Crippen molar-refractivity contribution < 1.29 is 5.11 Å². The van der Waals surface area contributed by atoms with Crippen LogP contribution in [0.4, 0.5) is 0 Å². The normalized spacial score (nSPS) is 16.1. The Bertz CT molecular complexity index is 553. The Labute approximate surface area is 113 Å². The summed E-state index contributed by atoms with van der Waals surface area (Å²) in [5.74, 6) is 1.40. The maximum absolute atomic E-state index is 9.34. The van der Waals surface area contributed by atoms with Crippen molar-refractivity contribution in [2.75, 3.05) is 13.1 Å². The van der Waals surface area contributed by atoms with Crippen molar-refractivity contribution in [1.29, 1.82) is 0 Å². The zero-order valence-electron chi connectivity index (χ0n) is 11.2. The molecular formula is C15H19N3O. The van der Waals surface area contributed by atoms with Crippen molar-refractivity contribution in [3.8, 4) is 17.0 Å². The van der Waals surface area contributed by atoms with Crippen molar-refractivity contribution in [3.63, 3.8) is 0 Å². The highest BCUT2D eigenvalue weighted by Crippen LogP contribution is 2.23. The van der Waals surface area contributed by atoms with E-state index in [-0.39, 0.29) is 0 Å². The van der Waals surface area contributed by atoms with Crippen LogP contribution in [0.15, 0.2) is 30.5 Å². The van der Waals surface area contributed by atoms with Gasteiger partial charge in [-0.25, -0.2) is 4.98 Å². The third kappa shape index (κ3) is 2.49. The first-order chi connectivity index (χ1) is 9.24. The summed E-state index contributed by atoms with van der Waals surface area (Å²) in [5, 5.41) is 9.34. The maximum Gasteiger partial charge on any atom is 0.123 e. The summed E-state index contributed by atoms with van der Waals surface area (Å²) in [5.41, 5.74) is 2.18. The molecule has 2 heterocycles. The predicted molar refractivity (Wildman–Crippen MR) is 74.8 cm³/mol. The molecule has 100 valence electrons.